The van der Waals surface area contributed by atoms with Crippen molar-refractivity contribution in [2.45, 2.75) is 6.18 Å². The average molecular weight is 355 g/mol. The fourth-order valence-electron chi connectivity index (χ4n) is 2.32. The first-order valence-corrected chi connectivity index (χ1v) is 7.12. The van der Waals surface area contributed by atoms with Crippen molar-refractivity contribution in [3.8, 4) is 5.75 Å². The van der Waals surface area contributed by atoms with E-state index >= 15 is 0 Å². The highest BCUT2D eigenvalue weighted by atomic mass is 35.5. The van der Waals surface area contributed by atoms with Crippen molar-refractivity contribution in [3.05, 3.63) is 58.5 Å². The lowest BCUT2D eigenvalue weighted by Gasteiger charge is -2.07. The molecule has 0 unspecified atom stereocenters. The van der Waals surface area contributed by atoms with Crippen molar-refractivity contribution in [2.24, 2.45) is 0 Å². The first-order valence-electron chi connectivity index (χ1n) is 6.75. The Morgan fingerprint density at radius 3 is 2.71 bits per heavy atom. The summed E-state index contributed by atoms with van der Waals surface area (Å²) < 4.78 is 43.3. The van der Waals surface area contributed by atoms with Crippen LogP contribution in [0.1, 0.15) is 21.7 Å². The molecule has 2 aromatic heterocycles. The van der Waals surface area contributed by atoms with Gasteiger partial charge in [0.1, 0.15) is 17.1 Å². The van der Waals surface area contributed by atoms with Gasteiger partial charge in [-0.2, -0.15) is 13.2 Å². The van der Waals surface area contributed by atoms with E-state index in [2.05, 4.69) is 9.97 Å². The fraction of sp³-hybridized carbons (Fsp3) is 0.125. The summed E-state index contributed by atoms with van der Waals surface area (Å²) in [4.78, 5) is 18.8. The Morgan fingerprint density at radius 2 is 2.04 bits per heavy atom. The third kappa shape index (κ3) is 2.82. The second kappa shape index (κ2) is 5.83. The monoisotopic (exact) mass is 354 g/mol. The molecule has 0 aliphatic carbocycles. The van der Waals surface area contributed by atoms with E-state index in [0.29, 0.717) is 16.7 Å². The van der Waals surface area contributed by atoms with Crippen LogP contribution in [-0.4, -0.2) is 22.9 Å². The summed E-state index contributed by atoms with van der Waals surface area (Å²) in [5.41, 5.74) is -0.654. The quantitative estimate of drug-likeness (QED) is 0.706. The van der Waals surface area contributed by atoms with Gasteiger partial charge in [-0.1, -0.05) is 17.7 Å². The summed E-state index contributed by atoms with van der Waals surface area (Å²) in [7, 11) is 1.45. The lowest BCUT2D eigenvalue weighted by atomic mass is 10.1. The van der Waals surface area contributed by atoms with Crippen molar-refractivity contribution >= 4 is 28.3 Å². The molecule has 0 fully saturated rings. The predicted molar refractivity (Wildman–Crippen MR) is 82.5 cm³/mol. The smallest absolute Gasteiger partial charge is 0.433 e. The molecule has 0 aliphatic heterocycles. The van der Waals surface area contributed by atoms with Crippen molar-refractivity contribution in [1.82, 2.24) is 9.97 Å². The molecule has 2 heterocycles. The molecule has 0 atom stereocenters. The molecule has 0 bridgehead atoms. The molecule has 3 rings (SSSR count). The van der Waals surface area contributed by atoms with Gasteiger partial charge in [-0.3, -0.25) is 4.79 Å². The lowest BCUT2D eigenvalue weighted by Crippen LogP contribution is -2.12. The van der Waals surface area contributed by atoms with E-state index in [1.807, 2.05) is 0 Å². The zero-order chi connectivity index (χ0) is 17.5. The third-order valence-corrected chi connectivity index (χ3v) is 3.77. The molecule has 124 valence electrons. The van der Waals surface area contributed by atoms with Gasteiger partial charge in [-0.05, 0) is 18.2 Å². The number of nitrogens with one attached hydrogen (secondary N) is 1. The Kier molecular flexibility index (Phi) is 3.96. The molecule has 0 saturated carbocycles. The summed E-state index contributed by atoms with van der Waals surface area (Å²) in [6, 6.07) is 6.32. The van der Waals surface area contributed by atoms with Crippen molar-refractivity contribution < 1.29 is 22.7 Å². The number of nitrogens with zero attached hydrogens (tertiary/aromatic N) is 1. The average Bonchev–Trinajstić information content (AvgIpc) is 2.95. The normalized spacial score (nSPS) is 11.7. The fourth-order valence-corrected chi connectivity index (χ4v) is 2.57. The van der Waals surface area contributed by atoms with E-state index in [-0.39, 0.29) is 16.3 Å². The standard InChI is InChI=1S/C16H10ClF3N2O2/c1-24-13-6-12-8(5-10(13)17)9(7-21-12)15(23)11-3-2-4-14(22-11)16(18,19)20/h2-7,21H,1H3. The van der Waals surface area contributed by atoms with Crippen LogP contribution in [-0.2, 0) is 6.18 Å². The topological polar surface area (TPSA) is 55.0 Å². The van der Waals surface area contributed by atoms with E-state index in [4.69, 9.17) is 16.3 Å². The minimum Gasteiger partial charge on any atom is -0.495 e. The summed E-state index contributed by atoms with van der Waals surface area (Å²) in [6.07, 6.45) is -3.21. The Balaban J connectivity index is 2.08. The number of benzene rings is 1. The number of hydrogen-bond donors (Lipinski definition) is 1. The second-order valence-electron chi connectivity index (χ2n) is 4.97. The number of methoxy groups -OCH3 is 1. The largest absolute Gasteiger partial charge is 0.495 e. The summed E-state index contributed by atoms with van der Waals surface area (Å²) in [5, 5.41) is 0.765. The SMILES string of the molecule is COc1cc2[nH]cc(C(=O)c3cccc(C(F)(F)F)n3)c2cc1Cl. The van der Waals surface area contributed by atoms with Crippen LogP contribution in [0.2, 0.25) is 5.02 Å². The number of pyridine rings is 1. The molecule has 8 heteroatoms. The number of rotatable bonds is 3. The molecule has 0 spiro atoms. The van der Waals surface area contributed by atoms with Gasteiger partial charge in [0.05, 0.1) is 12.1 Å². The Morgan fingerprint density at radius 1 is 1.29 bits per heavy atom. The highest BCUT2D eigenvalue weighted by molar-refractivity contribution is 6.33. The number of ether oxygens (including phenoxy) is 1. The molecule has 0 aliphatic rings. The minimum absolute atomic E-state index is 0.182. The number of carbonyl (C=O) groups excluding carboxylic acids is 1. The van der Waals surface area contributed by atoms with Crippen molar-refractivity contribution in [2.75, 3.05) is 7.11 Å². The lowest BCUT2D eigenvalue weighted by molar-refractivity contribution is -0.141. The Labute approximate surface area is 139 Å². The molecule has 1 aromatic carbocycles. The summed E-state index contributed by atoms with van der Waals surface area (Å²) in [6.45, 7) is 0. The van der Waals surface area contributed by atoms with Crippen LogP contribution in [0, 0.1) is 0 Å². The van der Waals surface area contributed by atoms with E-state index in [1.165, 1.54) is 25.4 Å². The van der Waals surface area contributed by atoms with E-state index in [9.17, 15) is 18.0 Å². The van der Waals surface area contributed by atoms with Crippen LogP contribution in [0.25, 0.3) is 10.9 Å². The number of carbonyl (C=O) groups is 1. The van der Waals surface area contributed by atoms with Crippen molar-refractivity contribution in [1.29, 1.82) is 0 Å². The maximum atomic E-state index is 12.8. The first kappa shape index (κ1) is 16.3. The molecular weight excluding hydrogens is 345 g/mol. The molecule has 3 aromatic rings. The van der Waals surface area contributed by atoms with Gasteiger partial charge in [0, 0.05) is 28.7 Å². The maximum absolute atomic E-state index is 12.8. The van der Waals surface area contributed by atoms with Crippen LogP contribution in [0.5, 0.6) is 5.75 Å². The minimum atomic E-state index is -4.62. The number of aromatic nitrogens is 2. The van der Waals surface area contributed by atoms with Crippen LogP contribution in [0.15, 0.2) is 36.5 Å². The Hall–Kier alpha value is -2.54. The highest BCUT2D eigenvalue weighted by Gasteiger charge is 2.33. The van der Waals surface area contributed by atoms with Crippen LogP contribution < -0.4 is 4.74 Å². The van der Waals surface area contributed by atoms with E-state index in [0.717, 1.165) is 12.1 Å². The molecule has 24 heavy (non-hydrogen) atoms. The molecule has 0 saturated heterocycles. The van der Waals surface area contributed by atoms with Gasteiger partial charge in [0.15, 0.2) is 0 Å². The van der Waals surface area contributed by atoms with E-state index in [1.54, 1.807) is 6.07 Å². The van der Waals surface area contributed by atoms with Crippen LogP contribution in [0.4, 0.5) is 13.2 Å². The molecule has 1 N–H and O–H groups in total. The summed E-state index contributed by atoms with van der Waals surface area (Å²) >= 11 is 6.05. The highest BCUT2D eigenvalue weighted by Crippen LogP contribution is 2.32. The van der Waals surface area contributed by atoms with Crippen LogP contribution in [0.3, 0.4) is 0 Å². The Bertz CT molecular complexity index is 935. The van der Waals surface area contributed by atoms with Crippen molar-refractivity contribution in [3.63, 3.8) is 0 Å². The predicted octanol–water partition coefficient (Wildman–Crippen LogP) is 4.47. The van der Waals surface area contributed by atoms with Crippen LogP contribution >= 0.6 is 11.6 Å². The van der Waals surface area contributed by atoms with Gasteiger partial charge < -0.3 is 9.72 Å². The molecular formula is C16H10ClF3N2O2. The first-order chi connectivity index (χ1) is 11.3. The van der Waals surface area contributed by atoms with Gasteiger partial charge in [0.25, 0.3) is 0 Å². The van der Waals surface area contributed by atoms with Gasteiger partial charge in [-0.25, -0.2) is 4.98 Å². The summed E-state index contributed by atoms with van der Waals surface area (Å²) in [5.74, 6) is -0.212. The zero-order valence-corrected chi connectivity index (χ0v) is 13.0. The van der Waals surface area contributed by atoms with Gasteiger partial charge in [-0.15, -0.1) is 0 Å². The number of aromatic amines is 1. The number of H-pyrrole nitrogens is 1. The van der Waals surface area contributed by atoms with Gasteiger partial charge in [0.2, 0.25) is 5.78 Å². The number of ketones is 1. The molecule has 0 amide bonds. The zero-order valence-electron chi connectivity index (χ0n) is 12.2. The molecule has 0 radical (unpaired) electrons. The number of hydrogen-bond acceptors (Lipinski definition) is 3. The number of fused-ring (bicyclic) bond motifs is 1. The third-order valence-electron chi connectivity index (χ3n) is 3.47. The number of halogens is 4. The molecule has 4 nitrogen and oxygen atoms in total. The van der Waals surface area contributed by atoms with E-state index < -0.39 is 17.7 Å². The second-order valence-corrected chi connectivity index (χ2v) is 5.38. The van der Waals surface area contributed by atoms with Gasteiger partial charge >= 0.3 is 6.18 Å². The maximum Gasteiger partial charge on any atom is 0.433 e. The number of alkyl halides is 3.